The second kappa shape index (κ2) is 13.4. The van der Waals surface area contributed by atoms with Crippen molar-refractivity contribution in [2.24, 2.45) is 5.92 Å². The van der Waals surface area contributed by atoms with Crippen molar-refractivity contribution in [3.63, 3.8) is 0 Å². The molecule has 2 aromatic carbocycles. The van der Waals surface area contributed by atoms with E-state index < -0.39 is 0 Å². The zero-order valence-corrected chi connectivity index (χ0v) is 27.9. The van der Waals surface area contributed by atoms with Gasteiger partial charge in [0.1, 0.15) is 11.6 Å². The number of imidazole rings is 2. The molecule has 0 radical (unpaired) electrons. The maximum Gasteiger partial charge on any atom is 0.223 e. The Balaban J connectivity index is 0.895. The topological polar surface area (TPSA) is 110 Å². The van der Waals surface area contributed by atoms with Crippen LogP contribution in [0.2, 0.25) is 0 Å². The Hall–Kier alpha value is -5.18. The molecule has 3 N–H and O–H groups in total. The molecule has 1 aliphatic carbocycles. The molecule has 2 aromatic heterocycles. The third-order valence-corrected chi connectivity index (χ3v) is 10.6. The number of allylic oxidation sites excluding steroid dienone is 2. The minimum absolute atomic E-state index is 0.0122. The number of benzene rings is 2. The highest BCUT2D eigenvalue weighted by atomic mass is 16.2. The predicted molar refractivity (Wildman–Crippen MR) is 191 cm³/mol. The Labute approximate surface area is 287 Å². The van der Waals surface area contributed by atoms with Crippen LogP contribution in [0, 0.1) is 5.92 Å². The lowest BCUT2D eigenvalue weighted by atomic mass is 9.89. The van der Waals surface area contributed by atoms with Gasteiger partial charge >= 0.3 is 0 Å². The van der Waals surface area contributed by atoms with Gasteiger partial charge in [-0.1, -0.05) is 79.8 Å². The maximum absolute atomic E-state index is 13.4. The minimum atomic E-state index is -0.0122. The second-order valence-electron chi connectivity index (χ2n) is 13.6. The van der Waals surface area contributed by atoms with Gasteiger partial charge in [0.2, 0.25) is 11.8 Å². The largest absolute Gasteiger partial charge is 0.384 e. The van der Waals surface area contributed by atoms with Gasteiger partial charge in [-0.2, -0.15) is 0 Å². The summed E-state index contributed by atoms with van der Waals surface area (Å²) in [5, 5.41) is 3.44. The summed E-state index contributed by atoms with van der Waals surface area (Å²) in [7, 11) is 0. The van der Waals surface area contributed by atoms with E-state index in [1.807, 2.05) is 29.1 Å². The molecule has 0 spiro atoms. The molecule has 8 rings (SSSR count). The van der Waals surface area contributed by atoms with Crippen molar-refractivity contribution in [3.05, 3.63) is 109 Å². The Kier molecular flexibility index (Phi) is 8.49. The number of fused-ring (bicyclic) bond motifs is 1. The molecule has 49 heavy (non-hydrogen) atoms. The van der Waals surface area contributed by atoms with Crippen LogP contribution in [0.15, 0.2) is 97.0 Å². The molecule has 4 aliphatic rings. The molecule has 4 atom stereocenters. The Morgan fingerprint density at radius 2 is 1.27 bits per heavy atom. The van der Waals surface area contributed by atoms with Crippen molar-refractivity contribution < 1.29 is 9.59 Å². The Morgan fingerprint density at radius 1 is 0.735 bits per heavy atom. The molecule has 2 saturated heterocycles. The van der Waals surface area contributed by atoms with E-state index >= 15 is 0 Å². The molecule has 250 valence electrons. The summed E-state index contributed by atoms with van der Waals surface area (Å²) in [5.41, 5.74) is 7.61. The van der Waals surface area contributed by atoms with Crippen LogP contribution in [-0.2, 0) is 9.59 Å². The molecule has 3 aliphatic heterocycles. The summed E-state index contributed by atoms with van der Waals surface area (Å²) in [6.45, 7) is 3.50. The van der Waals surface area contributed by atoms with Crippen molar-refractivity contribution in [1.82, 2.24) is 35.1 Å². The molecule has 2 amide bonds. The standard InChI is InChI=1S/C40H43N7O2/c1-2-37(48)46-21-5-9-35(46)39-42-24-33(44-39)28-15-11-26(12-16-28)27-13-17-29(18-14-27)34-25-43-40(45-34)36-10-6-22-47(36)38(49)20-19-30-23-41-32-8-4-3-7-31(30)32/h3-4,7-8,11-18,23-25,31-32,35-36,41H,2,5-6,9-10,19-22H2,1H3,(H,42,44)(H,43,45)/t31?,32?,35-,36-/m0/s1. The van der Waals surface area contributed by atoms with Crippen LogP contribution in [0.4, 0.5) is 0 Å². The van der Waals surface area contributed by atoms with Crippen molar-refractivity contribution >= 4 is 11.8 Å². The summed E-state index contributed by atoms with van der Waals surface area (Å²) in [5.74, 6) is 2.47. The third kappa shape index (κ3) is 6.14. The summed E-state index contributed by atoms with van der Waals surface area (Å²) in [6.07, 6.45) is 20.1. The Morgan fingerprint density at radius 3 is 1.84 bits per heavy atom. The number of carbonyl (C=O) groups excluding carboxylic acids is 2. The predicted octanol–water partition coefficient (Wildman–Crippen LogP) is 7.25. The highest BCUT2D eigenvalue weighted by Crippen LogP contribution is 2.35. The van der Waals surface area contributed by atoms with Crippen LogP contribution in [0.3, 0.4) is 0 Å². The van der Waals surface area contributed by atoms with Gasteiger partial charge in [0.15, 0.2) is 0 Å². The lowest BCUT2D eigenvalue weighted by molar-refractivity contribution is -0.132. The molecule has 0 saturated carbocycles. The first-order valence-corrected chi connectivity index (χ1v) is 17.8. The minimum Gasteiger partial charge on any atom is -0.384 e. The van der Waals surface area contributed by atoms with Crippen LogP contribution in [0.1, 0.15) is 75.6 Å². The second-order valence-corrected chi connectivity index (χ2v) is 13.6. The molecular weight excluding hydrogens is 610 g/mol. The van der Waals surface area contributed by atoms with Crippen molar-refractivity contribution in [2.45, 2.75) is 70.0 Å². The number of nitrogens with zero attached hydrogens (tertiary/aromatic N) is 4. The van der Waals surface area contributed by atoms with Crippen molar-refractivity contribution in [1.29, 1.82) is 0 Å². The first-order chi connectivity index (χ1) is 24.1. The van der Waals surface area contributed by atoms with Gasteiger partial charge in [0, 0.05) is 31.8 Å². The lowest BCUT2D eigenvalue weighted by Gasteiger charge is -2.24. The van der Waals surface area contributed by atoms with Gasteiger partial charge in [-0.25, -0.2) is 9.97 Å². The fourth-order valence-electron chi connectivity index (χ4n) is 7.95. The molecule has 5 heterocycles. The number of H-pyrrole nitrogens is 2. The fraction of sp³-hybridized carbons (Fsp3) is 0.350. The van der Waals surface area contributed by atoms with E-state index in [-0.39, 0.29) is 23.9 Å². The van der Waals surface area contributed by atoms with E-state index in [0.29, 0.717) is 24.8 Å². The van der Waals surface area contributed by atoms with Gasteiger partial charge in [0.05, 0.1) is 41.9 Å². The number of likely N-dealkylation sites (tertiary alicyclic amines) is 2. The monoisotopic (exact) mass is 653 g/mol. The molecule has 4 aromatic rings. The summed E-state index contributed by atoms with van der Waals surface area (Å²) < 4.78 is 0. The van der Waals surface area contributed by atoms with Crippen LogP contribution >= 0.6 is 0 Å². The van der Waals surface area contributed by atoms with E-state index in [1.165, 1.54) is 5.57 Å². The van der Waals surface area contributed by atoms with E-state index in [9.17, 15) is 9.59 Å². The van der Waals surface area contributed by atoms with Crippen molar-refractivity contribution in [3.8, 4) is 33.6 Å². The average Bonchev–Trinajstić information content (AvgIpc) is 3.99. The number of aromatic amines is 2. The molecular formula is C40H43N7O2. The van der Waals surface area contributed by atoms with E-state index in [2.05, 4.69) is 99.3 Å². The number of hydrogen-bond donors (Lipinski definition) is 3. The van der Waals surface area contributed by atoms with Gasteiger partial charge in [-0.05, 0) is 66.1 Å². The molecule has 2 fully saturated rings. The Bertz CT molecular complexity index is 1920. The molecule has 9 heteroatoms. The number of nitrogens with one attached hydrogen (secondary N) is 3. The van der Waals surface area contributed by atoms with Gasteiger partial charge < -0.3 is 25.1 Å². The van der Waals surface area contributed by atoms with Crippen LogP contribution in [0.5, 0.6) is 0 Å². The number of rotatable bonds is 9. The third-order valence-electron chi connectivity index (χ3n) is 10.6. The highest BCUT2D eigenvalue weighted by Gasteiger charge is 2.34. The molecule has 2 unspecified atom stereocenters. The summed E-state index contributed by atoms with van der Waals surface area (Å²) in [4.78, 5) is 46.2. The van der Waals surface area contributed by atoms with Crippen LogP contribution < -0.4 is 5.32 Å². The first-order valence-electron chi connectivity index (χ1n) is 17.8. The lowest BCUT2D eigenvalue weighted by Crippen LogP contribution is -2.31. The van der Waals surface area contributed by atoms with Crippen LogP contribution in [-0.4, -0.2) is 60.7 Å². The molecule has 9 nitrogen and oxygen atoms in total. The van der Waals surface area contributed by atoms with E-state index in [1.54, 1.807) is 0 Å². The SMILES string of the molecule is CCC(=O)N1CCC[C@H]1c1ncc(-c2ccc(-c3ccc(-c4cnc([C@@H]5CCCN5C(=O)CCC5=CNC6C=CC=CC56)[nH]4)cc3)cc2)[nH]1. The number of amides is 2. The smallest absolute Gasteiger partial charge is 0.223 e. The summed E-state index contributed by atoms with van der Waals surface area (Å²) >= 11 is 0. The van der Waals surface area contributed by atoms with E-state index in [0.717, 1.165) is 90.5 Å². The highest BCUT2D eigenvalue weighted by molar-refractivity contribution is 5.78. The molecule has 0 bridgehead atoms. The number of hydrogen-bond acceptors (Lipinski definition) is 5. The van der Waals surface area contributed by atoms with Crippen molar-refractivity contribution in [2.75, 3.05) is 13.1 Å². The normalized spacial score (nSPS) is 22.8. The fourth-order valence-corrected chi connectivity index (χ4v) is 7.95. The van der Waals surface area contributed by atoms with Crippen LogP contribution in [0.25, 0.3) is 33.6 Å². The summed E-state index contributed by atoms with van der Waals surface area (Å²) in [6, 6.07) is 17.4. The van der Waals surface area contributed by atoms with Gasteiger partial charge in [-0.15, -0.1) is 0 Å². The van der Waals surface area contributed by atoms with E-state index in [4.69, 9.17) is 4.98 Å². The zero-order chi connectivity index (χ0) is 33.3. The number of carbonyl (C=O) groups is 2. The average molecular weight is 654 g/mol. The zero-order valence-electron chi connectivity index (χ0n) is 27.9. The number of aromatic nitrogens is 4. The first kappa shape index (κ1) is 31.1. The van der Waals surface area contributed by atoms with Gasteiger partial charge in [0.25, 0.3) is 0 Å². The maximum atomic E-state index is 13.4. The van der Waals surface area contributed by atoms with Gasteiger partial charge in [-0.3, -0.25) is 9.59 Å². The quantitative estimate of drug-likeness (QED) is 0.176.